The smallest absolute Gasteiger partial charge is 0.0572 e. The van der Waals surface area contributed by atoms with Crippen LogP contribution in [0, 0.1) is 0 Å². The summed E-state index contributed by atoms with van der Waals surface area (Å²) < 4.78 is 5.62. The Balaban J connectivity index is 3.28. The van der Waals surface area contributed by atoms with Crippen LogP contribution in [0.3, 0.4) is 0 Å². The van der Waals surface area contributed by atoms with Crippen LogP contribution >= 0.6 is 0 Å². The Kier molecular flexibility index (Phi) is 9.94. The first kappa shape index (κ1) is 12.9. The van der Waals surface area contributed by atoms with Crippen molar-refractivity contribution in [1.82, 2.24) is 0 Å². The molecule has 2 heteroatoms. The number of unbranched alkanes of at least 4 members (excludes halogenated alkanes) is 2. The number of aliphatic hydroxyl groups is 1. The van der Waals surface area contributed by atoms with Crippen LogP contribution < -0.4 is 0 Å². The monoisotopic (exact) mass is 188 g/mol. The molecular formula is C11H24O2. The SMILES string of the molecule is CCCCCC(CC)OCCCO. The van der Waals surface area contributed by atoms with Gasteiger partial charge in [0.15, 0.2) is 0 Å². The van der Waals surface area contributed by atoms with E-state index in [-0.39, 0.29) is 6.61 Å². The molecule has 13 heavy (non-hydrogen) atoms. The average molecular weight is 188 g/mol. The van der Waals surface area contributed by atoms with Crippen molar-refractivity contribution in [1.29, 1.82) is 0 Å². The summed E-state index contributed by atoms with van der Waals surface area (Å²) >= 11 is 0. The van der Waals surface area contributed by atoms with Crippen LogP contribution in [0.4, 0.5) is 0 Å². The third-order valence-corrected chi connectivity index (χ3v) is 2.24. The Hall–Kier alpha value is -0.0800. The van der Waals surface area contributed by atoms with Gasteiger partial charge in [0, 0.05) is 13.2 Å². The molecule has 0 spiro atoms. The van der Waals surface area contributed by atoms with Crippen molar-refractivity contribution >= 4 is 0 Å². The van der Waals surface area contributed by atoms with Gasteiger partial charge in [-0.05, 0) is 19.3 Å². The van der Waals surface area contributed by atoms with Gasteiger partial charge in [0.2, 0.25) is 0 Å². The molecule has 0 bridgehead atoms. The highest BCUT2D eigenvalue weighted by Crippen LogP contribution is 2.09. The van der Waals surface area contributed by atoms with Crippen LogP contribution in [0.25, 0.3) is 0 Å². The minimum atomic E-state index is 0.241. The molecular weight excluding hydrogens is 164 g/mol. The molecule has 0 radical (unpaired) electrons. The second-order valence-corrected chi connectivity index (χ2v) is 3.47. The van der Waals surface area contributed by atoms with Gasteiger partial charge in [-0.3, -0.25) is 0 Å². The predicted molar refractivity (Wildman–Crippen MR) is 55.9 cm³/mol. The molecule has 1 unspecified atom stereocenters. The van der Waals surface area contributed by atoms with Gasteiger partial charge in [-0.2, -0.15) is 0 Å². The fourth-order valence-corrected chi connectivity index (χ4v) is 1.34. The third kappa shape index (κ3) is 8.26. The molecule has 1 N–H and O–H groups in total. The Labute approximate surface area is 82.3 Å². The Morgan fingerprint density at radius 3 is 2.46 bits per heavy atom. The highest BCUT2D eigenvalue weighted by Gasteiger charge is 2.04. The van der Waals surface area contributed by atoms with Gasteiger partial charge in [-0.25, -0.2) is 0 Å². The van der Waals surface area contributed by atoms with Gasteiger partial charge >= 0.3 is 0 Å². The standard InChI is InChI=1S/C11H24O2/c1-3-5-6-8-11(4-2)13-10-7-9-12/h11-12H,3-10H2,1-2H3. The van der Waals surface area contributed by atoms with E-state index >= 15 is 0 Å². The maximum absolute atomic E-state index is 8.59. The van der Waals surface area contributed by atoms with E-state index in [1.807, 2.05) is 0 Å². The van der Waals surface area contributed by atoms with Gasteiger partial charge in [0.25, 0.3) is 0 Å². The van der Waals surface area contributed by atoms with Gasteiger partial charge < -0.3 is 9.84 Å². The van der Waals surface area contributed by atoms with E-state index < -0.39 is 0 Å². The molecule has 0 heterocycles. The predicted octanol–water partition coefficient (Wildman–Crippen LogP) is 2.74. The van der Waals surface area contributed by atoms with Crippen LogP contribution in [0.15, 0.2) is 0 Å². The fourth-order valence-electron chi connectivity index (χ4n) is 1.34. The molecule has 80 valence electrons. The Morgan fingerprint density at radius 2 is 1.92 bits per heavy atom. The van der Waals surface area contributed by atoms with Crippen LogP contribution in [0.2, 0.25) is 0 Å². The largest absolute Gasteiger partial charge is 0.396 e. The van der Waals surface area contributed by atoms with E-state index in [0.717, 1.165) is 12.8 Å². The van der Waals surface area contributed by atoms with Crippen molar-refractivity contribution in [2.24, 2.45) is 0 Å². The molecule has 0 aliphatic rings. The fraction of sp³-hybridized carbons (Fsp3) is 1.00. The summed E-state index contributed by atoms with van der Waals surface area (Å²) in [6, 6.07) is 0. The van der Waals surface area contributed by atoms with Gasteiger partial charge in [-0.15, -0.1) is 0 Å². The highest BCUT2D eigenvalue weighted by molar-refractivity contribution is 4.55. The van der Waals surface area contributed by atoms with Crippen molar-refractivity contribution in [3.05, 3.63) is 0 Å². The first-order chi connectivity index (χ1) is 6.35. The number of hydrogen-bond acceptors (Lipinski definition) is 2. The molecule has 0 aromatic rings. The first-order valence-corrected chi connectivity index (χ1v) is 5.57. The maximum Gasteiger partial charge on any atom is 0.0572 e. The first-order valence-electron chi connectivity index (χ1n) is 5.57. The van der Waals surface area contributed by atoms with E-state index in [1.54, 1.807) is 0 Å². The molecule has 1 atom stereocenters. The summed E-state index contributed by atoms with van der Waals surface area (Å²) in [6.07, 6.45) is 7.30. The minimum Gasteiger partial charge on any atom is -0.396 e. The zero-order valence-electron chi connectivity index (χ0n) is 9.09. The number of ether oxygens (including phenoxy) is 1. The normalized spacial score (nSPS) is 13.2. The summed E-state index contributed by atoms with van der Waals surface area (Å²) in [7, 11) is 0. The van der Waals surface area contributed by atoms with Gasteiger partial charge in [0.05, 0.1) is 6.10 Å². The van der Waals surface area contributed by atoms with E-state index in [0.29, 0.717) is 12.7 Å². The quantitative estimate of drug-likeness (QED) is 0.564. The summed E-state index contributed by atoms with van der Waals surface area (Å²) in [5, 5.41) is 8.59. The maximum atomic E-state index is 8.59. The molecule has 0 amide bonds. The Morgan fingerprint density at radius 1 is 1.15 bits per heavy atom. The van der Waals surface area contributed by atoms with E-state index in [4.69, 9.17) is 9.84 Å². The van der Waals surface area contributed by atoms with Crippen molar-refractivity contribution in [2.75, 3.05) is 13.2 Å². The lowest BCUT2D eigenvalue weighted by atomic mass is 10.1. The number of hydrogen-bond donors (Lipinski definition) is 1. The van der Waals surface area contributed by atoms with E-state index in [9.17, 15) is 0 Å². The van der Waals surface area contributed by atoms with E-state index in [2.05, 4.69) is 13.8 Å². The second-order valence-electron chi connectivity index (χ2n) is 3.47. The lowest BCUT2D eigenvalue weighted by Gasteiger charge is -2.15. The minimum absolute atomic E-state index is 0.241. The van der Waals surface area contributed by atoms with Crippen molar-refractivity contribution in [3.63, 3.8) is 0 Å². The van der Waals surface area contributed by atoms with Crippen LogP contribution in [-0.4, -0.2) is 24.4 Å². The second kappa shape index (κ2) is 10.0. The van der Waals surface area contributed by atoms with Crippen molar-refractivity contribution in [2.45, 2.75) is 58.5 Å². The van der Waals surface area contributed by atoms with Crippen LogP contribution in [0.5, 0.6) is 0 Å². The van der Waals surface area contributed by atoms with Crippen molar-refractivity contribution < 1.29 is 9.84 Å². The summed E-state index contributed by atoms with van der Waals surface area (Å²) in [4.78, 5) is 0. The molecule has 2 nitrogen and oxygen atoms in total. The lowest BCUT2D eigenvalue weighted by molar-refractivity contribution is 0.0350. The highest BCUT2D eigenvalue weighted by atomic mass is 16.5. The van der Waals surface area contributed by atoms with Crippen LogP contribution in [-0.2, 0) is 4.74 Å². The van der Waals surface area contributed by atoms with E-state index in [1.165, 1.54) is 25.7 Å². The third-order valence-electron chi connectivity index (χ3n) is 2.24. The zero-order valence-corrected chi connectivity index (χ0v) is 9.09. The van der Waals surface area contributed by atoms with Gasteiger partial charge in [0.1, 0.15) is 0 Å². The molecule has 0 aliphatic heterocycles. The molecule has 0 saturated carbocycles. The summed E-state index contributed by atoms with van der Waals surface area (Å²) in [6.45, 7) is 5.33. The summed E-state index contributed by atoms with van der Waals surface area (Å²) in [5.41, 5.74) is 0. The topological polar surface area (TPSA) is 29.5 Å². The number of rotatable bonds is 9. The summed E-state index contributed by atoms with van der Waals surface area (Å²) in [5.74, 6) is 0. The van der Waals surface area contributed by atoms with Crippen molar-refractivity contribution in [3.8, 4) is 0 Å². The molecule has 0 aliphatic carbocycles. The molecule has 0 fully saturated rings. The average Bonchev–Trinajstić information content (AvgIpc) is 2.16. The lowest BCUT2D eigenvalue weighted by Crippen LogP contribution is -2.13. The Bertz CT molecular complexity index is 84.1. The molecule has 0 aromatic carbocycles. The molecule has 0 saturated heterocycles. The zero-order chi connectivity index (χ0) is 9.94. The molecule has 0 rings (SSSR count). The molecule has 0 aromatic heterocycles. The van der Waals surface area contributed by atoms with Gasteiger partial charge in [-0.1, -0.05) is 33.1 Å². The van der Waals surface area contributed by atoms with Crippen LogP contribution in [0.1, 0.15) is 52.4 Å². The number of aliphatic hydroxyl groups excluding tert-OH is 1.